The van der Waals surface area contributed by atoms with E-state index in [9.17, 15) is 19.1 Å². The standard InChI is InChI=1S/C25H20Cl2FNO5.Na/c26-19-2-1-3-21(28)17(19)8-10-29-24(30)14-4-6-15(7-5-14)34-23-13-22-18(12-20(23)27)16(25(31)32)9-11-33-22;/h1-7,12-13,16H,8-11H2,(H,29,30)(H,31,32);/q;+1/p-1. The molecule has 0 aliphatic carbocycles. The van der Waals surface area contributed by atoms with Crippen LogP contribution in [-0.2, 0) is 11.2 Å². The average Bonchev–Trinajstić information content (AvgIpc) is 2.81. The van der Waals surface area contributed by atoms with E-state index in [-0.39, 0.29) is 60.1 Å². The summed E-state index contributed by atoms with van der Waals surface area (Å²) in [4.78, 5) is 23.8. The van der Waals surface area contributed by atoms with Crippen LogP contribution in [0.3, 0.4) is 0 Å². The molecule has 1 aliphatic rings. The van der Waals surface area contributed by atoms with Crippen molar-refractivity contribution >= 4 is 35.1 Å². The molecule has 1 unspecified atom stereocenters. The largest absolute Gasteiger partial charge is 1.00 e. The summed E-state index contributed by atoms with van der Waals surface area (Å²) in [6.45, 7) is 0.467. The summed E-state index contributed by atoms with van der Waals surface area (Å²) >= 11 is 12.3. The smallest absolute Gasteiger partial charge is 0.549 e. The number of hydrogen-bond acceptors (Lipinski definition) is 5. The number of carbonyl (C=O) groups is 2. The van der Waals surface area contributed by atoms with E-state index in [0.29, 0.717) is 45.4 Å². The first-order valence-corrected chi connectivity index (χ1v) is 11.2. The van der Waals surface area contributed by atoms with Crippen LogP contribution < -0.4 is 49.5 Å². The first-order chi connectivity index (χ1) is 16.3. The van der Waals surface area contributed by atoms with Crippen LogP contribution in [0.25, 0.3) is 0 Å². The number of amides is 1. The van der Waals surface area contributed by atoms with Crippen molar-refractivity contribution in [2.45, 2.75) is 18.8 Å². The third-order valence-corrected chi connectivity index (χ3v) is 6.10. The Balaban J connectivity index is 0.00000342. The van der Waals surface area contributed by atoms with Crippen molar-refractivity contribution in [3.8, 4) is 17.2 Å². The van der Waals surface area contributed by atoms with Gasteiger partial charge >= 0.3 is 29.6 Å². The zero-order valence-electron chi connectivity index (χ0n) is 18.8. The van der Waals surface area contributed by atoms with E-state index >= 15 is 0 Å². The minimum absolute atomic E-state index is 0. The molecule has 10 heteroatoms. The van der Waals surface area contributed by atoms with Crippen molar-refractivity contribution < 1.29 is 58.1 Å². The molecular formula is C25H19Cl2FNNaO5. The van der Waals surface area contributed by atoms with Crippen molar-refractivity contribution in [3.63, 3.8) is 0 Å². The Morgan fingerprint density at radius 3 is 2.54 bits per heavy atom. The molecule has 0 spiro atoms. The molecule has 1 heterocycles. The zero-order valence-corrected chi connectivity index (χ0v) is 22.3. The Labute approximate surface area is 233 Å². The molecule has 0 saturated heterocycles. The second-order valence-corrected chi connectivity index (χ2v) is 8.48. The zero-order chi connectivity index (χ0) is 24.2. The van der Waals surface area contributed by atoms with Crippen molar-refractivity contribution in [1.29, 1.82) is 0 Å². The third kappa shape index (κ3) is 6.48. The Morgan fingerprint density at radius 1 is 1.11 bits per heavy atom. The third-order valence-electron chi connectivity index (χ3n) is 5.45. The summed E-state index contributed by atoms with van der Waals surface area (Å²) in [5, 5.41) is 14.6. The van der Waals surface area contributed by atoms with Gasteiger partial charge in [-0.25, -0.2) is 4.39 Å². The number of rotatable bonds is 7. The molecular weight excluding hydrogens is 507 g/mol. The predicted octanol–water partition coefficient (Wildman–Crippen LogP) is 1.52. The van der Waals surface area contributed by atoms with Crippen LogP contribution in [0, 0.1) is 5.82 Å². The summed E-state index contributed by atoms with van der Waals surface area (Å²) in [6, 6.07) is 13.9. The van der Waals surface area contributed by atoms with Gasteiger partial charge in [-0.05, 0) is 55.3 Å². The average molecular weight is 526 g/mol. The SMILES string of the molecule is O=C(NCCc1c(F)cccc1Cl)c1ccc(Oc2cc3c(cc2Cl)C(C(=O)[O-])CCO3)cc1.[Na+]. The summed E-state index contributed by atoms with van der Waals surface area (Å²) < 4.78 is 25.2. The molecule has 1 aliphatic heterocycles. The fourth-order valence-electron chi connectivity index (χ4n) is 3.69. The number of carboxylic acids is 1. The van der Waals surface area contributed by atoms with Crippen molar-refractivity contribution in [2.24, 2.45) is 0 Å². The minimum atomic E-state index is -1.18. The van der Waals surface area contributed by atoms with Gasteiger partial charge in [0.1, 0.15) is 23.1 Å². The maximum Gasteiger partial charge on any atom is 1.00 e. The van der Waals surface area contributed by atoms with Crippen molar-refractivity contribution in [2.75, 3.05) is 13.2 Å². The summed E-state index contributed by atoms with van der Waals surface area (Å²) in [6.07, 6.45) is 0.568. The van der Waals surface area contributed by atoms with Crippen LogP contribution in [-0.4, -0.2) is 25.0 Å². The molecule has 3 aromatic carbocycles. The van der Waals surface area contributed by atoms with E-state index in [1.54, 1.807) is 36.4 Å². The van der Waals surface area contributed by atoms with Gasteiger partial charge < -0.3 is 24.7 Å². The van der Waals surface area contributed by atoms with E-state index in [4.69, 9.17) is 32.7 Å². The van der Waals surface area contributed by atoms with E-state index in [1.165, 1.54) is 18.2 Å². The Hall–Kier alpha value is -2.29. The number of aliphatic carboxylic acids is 1. The molecule has 6 nitrogen and oxygen atoms in total. The molecule has 35 heavy (non-hydrogen) atoms. The van der Waals surface area contributed by atoms with Crippen molar-refractivity contribution in [3.05, 3.63) is 87.2 Å². The van der Waals surface area contributed by atoms with Gasteiger partial charge in [-0.3, -0.25) is 4.79 Å². The maximum absolute atomic E-state index is 13.8. The maximum atomic E-state index is 13.8. The van der Waals surface area contributed by atoms with Gasteiger partial charge in [-0.1, -0.05) is 29.3 Å². The fraction of sp³-hybridized carbons (Fsp3) is 0.200. The molecule has 3 aromatic rings. The number of ether oxygens (including phenoxy) is 2. The molecule has 0 fully saturated rings. The number of halogens is 3. The van der Waals surface area contributed by atoms with Crippen LogP contribution in [0.4, 0.5) is 4.39 Å². The summed E-state index contributed by atoms with van der Waals surface area (Å²) in [5.74, 6) is -1.62. The molecule has 1 amide bonds. The number of hydrogen-bond donors (Lipinski definition) is 1. The molecule has 1 atom stereocenters. The van der Waals surface area contributed by atoms with E-state index in [0.717, 1.165) is 0 Å². The number of benzene rings is 3. The number of nitrogens with one attached hydrogen (secondary N) is 1. The van der Waals surface area contributed by atoms with Gasteiger partial charge in [0.05, 0.1) is 11.6 Å². The second-order valence-electron chi connectivity index (χ2n) is 7.66. The van der Waals surface area contributed by atoms with Crippen LogP contribution in [0.15, 0.2) is 54.6 Å². The van der Waals surface area contributed by atoms with E-state index < -0.39 is 17.7 Å². The monoisotopic (exact) mass is 525 g/mol. The first-order valence-electron chi connectivity index (χ1n) is 10.5. The topological polar surface area (TPSA) is 87.7 Å². The van der Waals surface area contributed by atoms with Gasteiger partial charge in [0.2, 0.25) is 0 Å². The van der Waals surface area contributed by atoms with Gasteiger partial charge in [0, 0.05) is 46.2 Å². The molecule has 0 bridgehead atoms. The summed E-state index contributed by atoms with van der Waals surface area (Å²) in [5.41, 5.74) is 1.20. The normalized spacial score (nSPS) is 14.2. The molecule has 0 radical (unpaired) electrons. The Morgan fingerprint density at radius 2 is 1.86 bits per heavy atom. The van der Waals surface area contributed by atoms with Crippen LogP contribution >= 0.6 is 23.2 Å². The molecule has 1 N–H and O–H groups in total. The second kappa shape index (κ2) is 12.1. The van der Waals surface area contributed by atoms with Gasteiger partial charge in [-0.2, -0.15) is 0 Å². The summed E-state index contributed by atoms with van der Waals surface area (Å²) in [7, 11) is 0. The van der Waals surface area contributed by atoms with Crippen LogP contribution in [0.2, 0.25) is 10.0 Å². The van der Waals surface area contributed by atoms with E-state index in [2.05, 4.69) is 5.32 Å². The van der Waals surface area contributed by atoms with Gasteiger partial charge in [0.15, 0.2) is 0 Å². The van der Waals surface area contributed by atoms with Crippen LogP contribution in [0.5, 0.6) is 17.2 Å². The quantitative estimate of drug-likeness (QED) is 0.472. The Kier molecular flexibility index (Phi) is 9.44. The van der Waals surface area contributed by atoms with E-state index in [1.807, 2.05) is 0 Å². The minimum Gasteiger partial charge on any atom is -0.549 e. The van der Waals surface area contributed by atoms with Gasteiger partial charge in [0.25, 0.3) is 5.91 Å². The fourth-order valence-corrected chi connectivity index (χ4v) is 4.16. The number of carboxylic acid groups (broad SMARTS) is 1. The number of carbonyl (C=O) groups excluding carboxylic acids is 2. The Bertz CT molecular complexity index is 1220. The van der Waals surface area contributed by atoms with Gasteiger partial charge in [-0.15, -0.1) is 0 Å². The predicted molar refractivity (Wildman–Crippen MR) is 123 cm³/mol. The molecule has 176 valence electrons. The number of fused-ring (bicyclic) bond motifs is 1. The van der Waals surface area contributed by atoms with Crippen molar-refractivity contribution in [1.82, 2.24) is 5.32 Å². The van der Waals surface area contributed by atoms with Crippen LogP contribution in [0.1, 0.15) is 33.8 Å². The molecule has 4 rings (SSSR count). The molecule has 0 aromatic heterocycles. The molecule has 0 saturated carbocycles. The first kappa shape index (κ1) is 27.3.